The summed E-state index contributed by atoms with van der Waals surface area (Å²) < 4.78 is 5.91. The predicted octanol–water partition coefficient (Wildman–Crippen LogP) is 6.28. The predicted molar refractivity (Wildman–Crippen MR) is 106 cm³/mol. The van der Waals surface area contributed by atoms with Crippen molar-refractivity contribution in [3.05, 3.63) is 78.9 Å². The summed E-state index contributed by atoms with van der Waals surface area (Å²) >= 11 is 0. The van der Waals surface area contributed by atoms with Gasteiger partial charge in [-0.15, -0.1) is 0 Å². The summed E-state index contributed by atoms with van der Waals surface area (Å²) in [5.74, 6) is 0. The Morgan fingerprint density at radius 3 is 2.42 bits per heavy atom. The minimum atomic E-state index is 0.818. The van der Waals surface area contributed by atoms with Crippen LogP contribution in [0.2, 0.25) is 0 Å². The lowest BCUT2D eigenvalue weighted by molar-refractivity contribution is 0.668. The zero-order valence-corrected chi connectivity index (χ0v) is 13.9. The lowest BCUT2D eigenvalue weighted by Crippen LogP contribution is -1.85. The minimum absolute atomic E-state index is 0.818. The lowest BCUT2D eigenvalue weighted by atomic mass is 10.1. The number of rotatable bonds is 1. The minimum Gasteiger partial charge on any atom is -0.454 e. The molecule has 0 saturated heterocycles. The molecule has 122 valence electrons. The van der Waals surface area contributed by atoms with Crippen molar-refractivity contribution in [2.45, 2.75) is 0 Å². The molecule has 26 heavy (non-hydrogen) atoms. The molecule has 0 spiro atoms. The molecule has 0 fully saturated rings. The first kappa shape index (κ1) is 13.7. The largest absolute Gasteiger partial charge is 0.454 e. The van der Waals surface area contributed by atoms with Gasteiger partial charge in [-0.3, -0.25) is 0 Å². The second kappa shape index (κ2) is 4.96. The number of hydrogen-bond acceptors (Lipinski definition) is 2. The van der Waals surface area contributed by atoms with Crippen molar-refractivity contribution >= 4 is 43.9 Å². The SMILES string of the molecule is c1ccc2c(c1)[nH]c1c(-c3ccc4oc5ccccc5c4n3)cccc12. The number of fused-ring (bicyclic) bond motifs is 6. The van der Waals surface area contributed by atoms with Crippen LogP contribution in [0, 0.1) is 0 Å². The second-order valence-electron chi connectivity index (χ2n) is 6.54. The molecule has 3 heterocycles. The molecule has 0 atom stereocenters. The van der Waals surface area contributed by atoms with Crippen molar-refractivity contribution in [2.24, 2.45) is 0 Å². The fourth-order valence-corrected chi connectivity index (χ4v) is 3.83. The maximum atomic E-state index is 5.91. The molecule has 3 aromatic heterocycles. The molecule has 3 nitrogen and oxygen atoms in total. The maximum absolute atomic E-state index is 5.91. The van der Waals surface area contributed by atoms with Gasteiger partial charge >= 0.3 is 0 Å². The Morgan fingerprint density at radius 1 is 0.654 bits per heavy atom. The van der Waals surface area contributed by atoms with E-state index in [9.17, 15) is 0 Å². The number of furan rings is 1. The van der Waals surface area contributed by atoms with Crippen molar-refractivity contribution in [1.82, 2.24) is 9.97 Å². The Morgan fingerprint density at radius 2 is 1.46 bits per heavy atom. The van der Waals surface area contributed by atoms with E-state index in [1.807, 2.05) is 30.3 Å². The Balaban J connectivity index is 1.68. The lowest BCUT2D eigenvalue weighted by Gasteiger charge is -2.03. The van der Waals surface area contributed by atoms with Crippen LogP contribution in [0.1, 0.15) is 0 Å². The van der Waals surface area contributed by atoms with Gasteiger partial charge < -0.3 is 9.40 Å². The average Bonchev–Trinajstić information content (AvgIpc) is 3.25. The molecule has 1 N–H and O–H groups in total. The molecule has 0 unspecified atom stereocenters. The summed E-state index contributed by atoms with van der Waals surface area (Å²) in [5, 5.41) is 3.50. The van der Waals surface area contributed by atoms with Gasteiger partial charge in [-0.05, 0) is 30.3 Å². The monoisotopic (exact) mass is 334 g/mol. The first-order valence-corrected chi connectivity index (χ1v) is 8.66. The van der Waals surface area contributed by atoms with Gasteiger partial charge in [0.25, 0.3) is 0 Å². The molecule has 6 rings (SSSR count). The van der Waals surface area contributed by atoms with Crippen molar-refractivity contribution in [3.8, 4) is 11.3 Å². The third-order valence-electron chi connectivity index (χ3n) is 5.04. The van der Waals surface area contributed by atoms with E-state index in [4.69, 9.17) is 9.40 Å². The molecular weight excluding hydrogens is 320 g/mol. The summed E-state index contributed by atoms with van der Waals surface area (Å²) in [6, 6.07) is 26.8. The van der Waals surface area contributed by atoms with Gasteiger partial charge in [-0.2, -0.15) is 0 Å². The fourth-order valence-electron chi connectivity index (χ4n) is 3.83. The molecule has 6 aromatic rings. The molecule has 3 aromatic carbocycles. The van der Waals surface area contributed by atoms with E-state index in [0.29, 0.717) is 0 Å². The van der Waals surface area contributed by atoms with E-state index < -0.39 is 0 Å². The topological polar surface area (TPSA) is 41.8 Å². The van der Waals surface area contributed by atoms with E-state index >= 15 is 0 Å². The van der Waals surface area contributed by atoms with Gasteiger partial charge in [0.1, 0.15) is 11.1 Å². The van der Waals surface area contributed by atoms with Gasteiger partial charge in [0.15, 0.2) is 5.58 Å². The number of aromatic nitrogens is 2. The van der Waals surface area contributed by atoms with Gasteiger partial charge in [0.2, 0.25) is 0 Å². The third-order valence-corrected chi connectivity index (χ3v) is 5.04. The Kier molecular flexibility index (Phi) is 2.61. The number of nitrogens with one attached hydrogen (secondary N) is 1. The molecule has 0 aliphatic rings. The number of H-pyrrole nitrogens is 1. The smallest absolute Gasteiger partial charge is 0.153 e. The van der Waals surface area contributed by atoms with Crippen molar-refractivity contribution in [3.63, 3.8) is 0 Å². The first-order chi connectivity index (χ1) is 12.9. The van der Waals surface area contributed by atoms with Gasteiger partial charge in [0, 0.05) is 27.2 Å². The number of benzene rings is 3. The Labute approximate surface area is 148 Å². The van der Waals surface area contributed by atoms with Gasteiger partial charge in [-0.1, -0.05) is 48.5 Å². The number of hydrogen-bond donors (Lipinski definition) is 1. The number of para-hydroxylation sites is 3. The quantitative estimate of drug-likeness (QED) is 0.384. The highest BCUT2D eigenvalue weighted by atomic mass is 16.3. The molecule has 0 bridgehead atoms. The molecular formula is C23H14N2O. The van der Waals surface area contributed by atoms with E-state index in [2.05, 4.69) is 53.5 Å². The van der Waals surface area contributed by atoms with Crippen molar-refractivity contribution < 1.29 is 4.42 Å². The van der Waals surface area contributed by atoms with Crippen LogP contribution in [0.5, 0.6) is 0 Å². The van der Waals surface area contributed by atoms with Crippen LogP contribution in [0.4, 0.5) is 0 Å². The van der Waals surface area contributed by atoms with Crippen LogP contribution in [-0.4, -0.2) is 9.97 Å². The van der Waals surface area contributed by atoms with Crippen molar-refractivity contribution in [1.29, 1.82) is 0 Å². The van der Waals surface area contributed by atoms with E-state index in [0.717, 1.165) is 44.4 Å². The zero-order valence-electron chi connectivity index (χ0n) is 13.9. The number of nitrogens with zero attached hydrogens (tertiary/aromatic N) is 1. The molecule has 0 radical (unpaired) electrons. The Hall–Kier alpha value is -3.59. The third kappa shape index (κ3) is 1.80. The maximum Gasteiger partial charge on any atom is 0.153 e. The molecule has 3 heteroatoms. The zero-order chi connectivity index (χ0) is 17.1. The van der Waals surface area contributed by atoms with E-state index in [1.54, 1.807) is 0 Å². The molecule has 0 amide bonds. The Bertz CT molecular complexity index is 1440. The van der Waals surface area contributed by atoms with E-state index in [1.165, 1.54) is 10.8 Å². The van der Waals surface area contributed by atoms with Crippen LogP contribution in [-0.2, 0) is 0 Å². The summed E-state index contributed by atoms with van der Waals surface area (Å²) in [5.41, 5.74) is 6.91. The van der Waals surface area contributed by atoms with Crippen LogP contribution in [0.25, 0.3) is 55.1 Å². The highest BCUT2D eigenvalue weighted by Crippen LogP contribution is 2.34. The fraction of sp³-hybridized carbons (Fsp3) is 0. The highest BCUT2D eigenvalue weighted by Gasteiger charge is 2.13. The summed E-state index contributed by atoms with van der Waals surface area (Å²) in [6.45, 7) is 0. The highest BCUT2D eigenvalue weighted by molar-refractivity contribution is 6.12. The summed E-state index contributed by atoms with van der Waals surface area (Å²) in [7, 11) is 0. The van der Waals surface area contributed by atoms with Crippen LogP contribution >= 0.6 is 0 Å². The standard InChI is InChI=1S/C23H14N2O/c1-3-10-18-14(6-1)15-8-5-9-16(22(15)24-18)19-12-13-21-23(25-19)17-7-2-4-11-20(17)26-21/h1-13,24H. The summed E-state index contributed by atoms with van der Waals surface area (Å²) in [6.07, 6.45) is 0. The van der Waals surface area contributed by atoms with Crippen LogP contribution < -0.4 is 0 Å². The van der Waals surface area contributed by atoms with Crippen molar-refractivity contribution in [2.75, 3.05) is 0 Å². The van der Waals surface area contributed by atoms with Gasteiger partial charge in [0.05, 0.1) is 11.2 Å². The molecule has 0 saturated carbocycles. The van der Waals surface area contributed by atoms with E-state index in [-0.39, 0.29) is 0 Å². The normalized spacial score (nSPS) is 11.8. The van der Waals surface area contributed by atoms with Gasteiger partial charge in [-0.25, -0.2) is 4.98 Å². The molecule has 0 aliphatic carbocycles. The van der Waals surface area contributed by atoms with Crippen LogP contribution in [0.15, 0.2) is 83.3 Å². The average molecular weight is 334 g/mol. The first-order valence-electron chi connectivity index (χ1n) is 8.66. The number of aromatic amines is 1. The molecule has 0 aliphatic heterocycles. The number of pyridine rings is 1. The van der Waals surface area contributed by atoms with Crippen LogP contribution in [0.3, 0.4) is 0 Å². The summed E-state index contributed by atoms with van der Waals surface area (Å²) in [4.78, 5) is 8.50. The second-order valence-corrected chi connectivity index (χ2v) is 6.54.